The zero-order chi connectivity index (χ0) is 0. The van der Waals surface area contributed by atoms with Gasteiger partial charge in [0.25, 0.3) is 0 Å². The fraction of sp³-hybridized carbons (Fsp3) is 0. The molecule has 6 heavy (non-hydrogen) atoms. The van der Waals surface area contributed by atoms with Gasteiger partial charge in [-0.25, -0.2) is 0 Å². The van der Waals surface area contributed by atoms with Crippen molar-refractivity contribution in [1.82, 2.24) is 0 Å². The molecule has 6 heteroatoms. The summed E-state index contributed by atoms with van der Waals surface area (Å²) in [4.78, 5) is 0. The van der Waals surface area contributed by atoms with Crippen molar-refractivity contribution in [1.29, 1.82) is 0 Å². The van der Waals surface area contributed by atoms with Gasteiger partial charge in [0.05, 0.1) is 0 Å². The zero-order valence-electron chi connectivity index (χ0n) is 2.41. The van der Waals surface area contributed by atoms with Crippen molar-refractivity contribution in [3.8, 4) is 0 Å². The molecule has 0 unspecified atom stereocenters. The van der Waals surface area contributed by atoms with E-state index in [2.05, 4.69) is 0 Å². The molecule has 0 saturated carbocycles. The monoisotopic (exact) mass is 148 g/mol. The van der Waals surface area contributed by atoms with E-state index in [1.807, 2.05) is 0 Å². The number of hydrogen-bond acceptors (Lipinski definition) is 0. The average Bonchev–Trinajstić information content (AvgIpc) is 0. The fourth-order valence-electron chi connectivity index (χ4n) is 0. The van der Waals surface area contributed by atoms with Gasteiger partial charge in [-0.05, 0) is 0 Å². The van der Waals surface area contributed by atoms with Crippen LogP contribution in [0.1, 0.15) is 0 Å². The molecule has 0 fully saturated rings. The number of rotatable bonds is 0. The minimum atomic E-state index is 0. The van der Waals surface area contributed by atoms with Crippen LogP contribution in [0.2, 0.25) is 0 Å². The summed E-state index contributed by atoms with van der Waals surface area (Å²) >= 11 is 0. The summed E-state index contributed by atoms with van der Waals surface area (Å²) in [6, 6.07) is 0. The second-order valence-electron chi connectivity index (χ2n) is 0. The van der Waals surface area contributed by atoms with Crippen molar-refractivity contribution in [3.63, 3.8) is 0 Å². The summed E-state index contributed by atoms with van der Waals surface area (Å²) < 4.78 is 0. The van der Waals surface area contributed by atoms with Crippen molar-refractivity contribution in [3.05, 3.63) is 0 Å². The second-order valence-corrected chi connectivity index (χ2v) is 0. The van der Waals surface area contributed by atoms with Crippen LogP contribution in [-0.2, 0) is 17.4 Å². The molecule has 0 atom stereocenters. The van der Waals surface area contributed by atoms with Crippen LogP contribution in [-0.4, -0.2) is 51.5 Å². The maximum absolute atomic E-state index is 0. The van der Waals surface area contributed by atoms with Crippen LogP contribution in [0.25, 0.3) is 0 Å². The SMILES string of the molecule is O.O.O.O.[Cr].[NaH]. The van der Waals surface area contributed by atoms with E-state index in [4.69, 9.17) is 0 Å². The van der Waals surface area contributed by atoms with Gasteiger partial charge in [0.2, 0.25) is 0 Å². The molecule has 0 spiro atoms. The molecule has 4 nitrogen and oxygen atoms in total. The Bertz CT molecular complexity index is 7.51. The molecule has 0 bridgehead atoms. The van der Waals surface area contributed by atoms with E-state index in [0.717, 1.165) is 0 Å². The van der Waals surface area contributed by atoms with Crippen LogP contribution >= 0.6 is 0 Å². The maximum atomic E-state index is 0. The molecular formula is H9CrNaO4. The van der Waals surface area contributed by atoms with Crippen LogP contribution in [0.5, 0.6) is 0 Å². The van der Waals surface area contributed by atoms with Gasteiger partial charge >= 0.3 is 29.6 Å². The van der Waals surface area contributed by atoms with Gasteiger partial charge in [-0.2, -0.15) is 0 Å². The van der Waals surface area contributed by atoms with E-state index in [1.54, 1.807) is 0 Å². The normalized spacial score (nSPS) is 0. The second kappa shape index (κ2) is 97.6. The van der Waals surface area contributed by atoms with Crippen LogP contribution < -0.4 is 0 Å². The molecule has 0 aromatic carbocycles. The summed E-state index contributed by atoms with van der Waals surface area (Å²) in [6.45, 7) is 0. The predicted molar refractivity (Wildman–Crippen MR) is 21.6 cm³/mol. The van der Waals surface area contributed by atoms with Gasteiger partial charge in [-0.1, -0.05) is 0 Å². The first-order valence-corrected chi connectivity index (χ1v) is 0. The van der Waals surface area contributed by atoms with E-state index in [1.165, 1.54) is 0 Å². The van der Waals surface area contributed by atoms with Crippen LogP contribution in [0.4, 0.5) is 0 Å². The molecule has 0 aromatic heterocycles. The Morgan fingerprint density at radius 2 is 0.500 bits per heavy atom. The van der Waals surface area contributed by atoms with Gasteiger partial charge in [0, 0.05) is 17.4 Å². The average molecular weight is 148 g/mol. The Hall–Kier alpha value is 1.37. The summed E-state index contributed by atoms with van der Waals surface area (Å²) in [5, 5.41) is 0. The van der Waals surface area contributed by atoms with Gasteiger partial charge in [0.1, 0.15) is 0 Å². The zero-order valence-corrected chi connectivity index (χ0v) is 3.68. The first-order chi connectivity index (χ1) is 0. The molecule has 0 aromatic rings. The summed E-state index contributed by atoms with van der Waals surface area (Å²) in [7, 11) is 0. The van der Waals surface area contributed by atoms with Crippen LogP contribution in [0.15, 0.2) is 0 Å². The Labute approximate surface area is 68.6 Å². The number of hydrogen-bond donors (Lipinski definition) is 0. The third-order valence-corrected chi connectivity index (χ3v) is 0. The third kappa shape index (κ3) is 54.5. The molecule has 0 amide bonds. The quantitative estimate of drug-likeness (QED) is 0.311. The molecule has 0 aliphatic heterocycles. The van der Waals surface area contributed by atoms with Crippen molar-refractivity contribution in [2.75, 3.05) is 0 Å². The van der Waals surface area contributed by atoms with Crippen molar-refractivity contribution < 1.29 is 39.3 Å². The van der Waals surface area contributed by atoms with Gasteiger partial charge in [0.15, 0.2) is 0 Å². The Morgan fingerprint density at radius 1 is 0.500 bits per heavy atom. The molecule has 8 N–H and O–H groups in total. The summed E-state index contributed by atoms with van der Waals surface area (Å²) in [5.41, 5.74) is 0. The molecule has 0 heterocycles. The minimum absolute atomic E-state index is 0. The predicted octanol–water partition coefficient (Wildman–Crippen LogP) is -3.95. The van der Waals surface area contributed by atoms with E-state index in [9.17, 15) is 0 Å². The van der Waals surface area contributed by atoms with E-state index in [-0.39, 0.29) is 68.8 Å². The Kier molecular flexibility index (Phi) is 2590. The van der Waals surface area contributed by atoms with Crippen molar-refractivity contribution >= 4 is 29.6 Å². The molecule has 0 aliphatic carbocycles. The van der Waals surface area contributed by atoms with Gasteiger partial charge < -0.3 is 21.9 Å². The fourth-order valence-corrected chi connectivity index (χ4v) is 0. The first-order valence-electron chi connectivity index (χ1n) is 0. The molecule has 0 radical (unpaired) electrons. The van der Waals surface area contributed by atoms with Crippen LogP contribution in [0.3, 0.4) is 0 Å². The Balaban J connectivity index is 0. The first kappa shape index (κ1) is 159. The topological polar surface area (TPSA) is 126 Å². The Morgan fingerprint density at radius 3 is 0.500 bits per heavy atom. The standard InChI is InChI=1S/Cr.Na.4H2O.H/h;;4*1H2;. The van der Waals surface area contributed by atoms with Crippen molar-refractivity contribution in [2.45, 2.75) is 0 Å². The summed E-state index contributed by atoms with van der Waals surface area (Å²) in [6.07, 6.45) is 0. The van der Waals surface area contributed by atoms with E-state index < -0.39 is 0 Å². The molecule has 40 valence electrons. The summed E-state index contributed by atoms with van der Waals surface area (Å²) in [5.74, 6) is 0. The van der Waals surface area contributed by atoms with E-state index >= 15 is 0 Å². The van der Waals surface area contributed by atoms with Gasteiger partial charge in [-0.3, -0.25) is 0 Å². The molecule has 0 rings (SSSR count). The molecular weight excluding hydrogens is 139 g/mol. The van der Waals surface area contributed by atoms with E-state index in [0.29, 0.717) is 0 Å². The molecule has 0 aliphatic rings. The van der Waals surface area contributed by atoms with Gasteiger partial charge in [-0.15, -0.1) is 0 Å². The third-order valence-electron chi connectivity index (χ3n) is 0. The van der Waals surface area contributed by atoms with Crippen LogP contribution in [0, 0.1) is 0 Å². The molecule has 0 saturated heterocycles. The van der Waals surface area contributed by atoms with Crippen molar-refractivity contribution in [2.24, 2.45) is 0 Å².